The highest BCUT2D eigenvalue weighted by Crippen LogP contribution is 2.21. The van der Waals surface area contributed by atoms with Crippen molar-refractivity contribution < 1.29 is 4.79 Å². The predicted octanol–water partition coefficient (Wildman–Crippen LogP) is 3.10. The third-order valence-electron chi connectivity index (χ3n) is 5.14. The maximum Gasteiger partial charge on any atom is 0.253 e. The number of likely N-dealkylation sites (tertiary alicyclic amines) is 1. The summed E-state index contributed by atoms with van der Waals surface area (Å²) in [4.78, 5) is 19.3. The van der Waals surface area contributed by atoms with Gasteiger partial charge in [-0.25, -0.2) is 4.98 Å². The SMILES string of the molecule is CNCC1CCCN(C(=O)c2ccc(-n3cnc4ccccc43)cc2)C1. The monoisotopic (exact) mass is 348 g/mol. The zero-order valence-corrected chi connectivity index (χ0v) is 15.1. The molecule has 0 bridgehead atoms. The molecule has 1 fully saturated rings. The van der Waals surface area contributed by atoms with Gasteiger partial charge < -0.3 is 10.2 Å². The average Bonchev–Trinajstić information content (AvgIpc) is 3.12. The van der Waals surface area contributed by atoms with Crippen LogP contribution < -0.4 is 5.32 Å². The summed E-state index contributed by atoms with van der Waals surface area (Å²) < 4.78 is 2.05. The quantitative estimate of drug-likeness (QED) is 0.788. The summed E-state index contributed by atoms with van der Waals surface area (Å²) in [7, 11) is 1.97. The molecule has 26 heavy (non-hydrogen) atoms. The fraction of sp³-hybridized carbons (Fsp3) is 0.333. The van der Waals surface area contributed by atoms with Crippen molar-refractivity contribution in [2.45, 2.75) is 12.8 Å². The Hall–Kier alpha value is -2.66. The smallest absolute Gasteiger partial charge is 0.253 e. The molecule has 1 aliphatic heterocycles. The first-order valence-corrected chi connectivity index (χ1v) is 9.22. The zero-order valence-electron chi connectivity index (χ0n) is 15.1. The molecular weight excluding hydrogens is 324 g/mol. The lowest BCUT2D eigenvalue weighted by Gasteiger charge is -2.32. The van der Waals surface area contributed by atoms with Crippen LogP contribution in [0, 0.1) is 5.92 Å². The van der Waals surface area contributed by atoms with Crippen LogP contribution >= 0.6 is 0 Å². The van der Waals surface area contributed by atoms with E-state index in [1.165, 1.54) is 6.42 Å². The highest BCUT2D eigenvalue weighted by Gasteiger charge is 2.24. The minimum absolute atomic E-state index is 0.132. The van der Waals surface area contributed by atoms with Gasteiger partial charge in [0.05, 0.1) is 11.0 Å². The minimum Gasteiger partial charge on any atom is -0.338 e. The van der Waals surface area contributed by atoms with E-state index in [0.29, 0.717) is 5.92 Å². The van der Waals surface area contributed by atoms with Gasteiger partial charge in [-0.2, -0.15) is 0 Å². The number of rotatable bonds is 4. The molecule has 5 heteroatoms. The molecule has 0 aliphatic carbocycles. The van der Waals surface area contributed by atoms with Gasteiger partial charge in [0.15, 0.2) is 0 Å². The Kier molecular flexibility index (Phi) is 4.71. The van der Waals surface area contributed by atoms with Gasteiger partial charge in [0.25, 0.3) is 5.91 Å². The van der Waals surface area contributed by atoms with Gasteiger partial charge in [0, 0.05) is 24.3 Å². The van der Waals surface area contributed by atoms with E-state index in [9.17, 15) is 4.79 Å². The number of imidazole rings is 1. The standard InChI is InChI=1S/C21H24N4O/c1-22-13-16-5-4-12-24(14-16)21(26)17-8-10-18(11-9-17)25-15-23-19-6-2-3-7-20(19)25/h2-3,6-11,15-16,22H,4-5,12-14H2,1H3. The molecule has 1 amide bonds. The number of hydrogen-bond acceptors (Lipinski definition) is 3. The van der Waals surface area contributed by atoms with Gasteiger partial charge in [-0.15, -0.1) is 0 Å². The number of hydrogen-bond donors (Lipinski definition) is 1. The molecule has 3 aromatic rings. The number of nitrogens with zero attached hydrogens (tertiary/aromatic N) is 3. The van der Waals surface area contributed by atoms with Crippen LogP contribution in [-0.4, -0.2) is 47.0 Å². The van der Waals surface area contributed by atoms with Crippen LogP contribution in [0.3, 0.4) is 0 Å². The summed E-state index contributed by atoms with van der Waals surface area (Å²) in [5, 5.41) is 3.23. The average molecular weight is 348 g/mol. The fourth-order valence-corrected chi connectivity index (χ4v) is 3.82. The van der Waals surface area contributed by atoms with E-state index in [1.807, 2.05) is 65.3 Å². The maximum absolute atomic E-state index is 12.8. The normalized spacial score (nSPS) is 17.6. The molecule has 2 heterocycles. The van der Waals surface area contributed by atoms with Crippen LogP contribution in [0.5, 0.6) is 0 Å². The summed E-state index contributed by atoms with van der Waals surface area (Å²) in [6, 6.07) is 15.9. The zero-order chi connectivity index (χ0) is 17.9. The Morgan fingerprint density at radius 3 is 2.81 bits per heavy atom. The number of benzene rings is 2. The van der Waals surface area contributed by atoms with Gasteiger partial charge >= 0.3 is 0 Å². The molecule has 1 atom stereocenters. The molecule has 1 saturated heterocycles. The van der Waals surface area contributed by atoms with Crippen molar-refractivity contribution in [1.29, 1.82) is 0 Å². The molecule has 1 unspecified atom stereocenters. The number of nitrogens with one attached hydrogen (secondary N) is 1. The molecule has 4 rings (SSSR count). The lowest BCUT2D eigenvalue weighted by molar-refractivity contribution is 0.0674. The maximum atomic E-state index is 12.8. The van der Waals surface area contributed by atoms with Crippen molar-refractivity contribution in [3.8, 4) is 5.69 Å². The van der Waals surface area contributed by atoms with E-state index >= 15 is 0 Å². The van der Waals surface area contributed by atoms with E-state index in [2.05, 4.69) is 16.4 Å². The van der Waals surface area contributed by atoms with Crippen molar-refractivity contribution in [3.05, 3.63) is 60.4 Å². The summed E-state index contributed by atoms with van der Waals surface area (Å²) in [5.41, 5.74) is 3.80. The Labute approximate surface area is 153 Å². The highest BCUT2D eigenvalue weighted by molar-refractivity contribution is 5.94. The van der Waals surface area contributed by atoms with E-state index in [1.54, 1.807) is 0 Å². The van der Waals surface area contributed by atoms with Crippen molar-refractivity contribution in [2.24, 2.45) is 5.92 Å². The number of amides is 1. The lowest BCUT2D eigenvalue weighted by Crippen LogP contribution is -2.42. The topological polar surface area (TPSA) is 50.2 Å². The highest BCUT2D eigenvalue weighted by atomic mass is 16.2. The minimum atomic E-state index is 0.132. The summed E-state index contributed by atoms with van der Waals surface area (Å²) >= 11 is 0. The molecule has 1 N–H and O–H groups in total. The second-order valence-corrected chi connectivity index (χ2v) is 6.97. The molecule has 0 spiro atoms. The van der Waals surface area contributed by atoms with Crippen LogP contribution in [0.4, 0.5) is 0 Å². The molecule has 0 saturated carbocycles. The second kappa shape index (κ2) is 7.30. The third-order valence-corrected chi connectivity index (χ3v) is 5.14. The van der Waals surface area contributed by atoms with Gasteiger partial charge in [0.1, 0.15) is 6.33 Å². The van der Waals surface area contributed by atoms with E-state index < -0.39 is 0 Å². The van der Waals surface area contributed by atoms with E-state index in [-0.39, 0.29) is 5.91 Å². The number of fused-ring (bicyclic) bond motifs is 1. The fourth-order valence-electron chi connectivity index (χ4n) is 3.82. The van der Waals surface area contributed by atoms with Crippen LogP contribution in [0.2, 0.25) is 0 Å². The molecule has 1 aromatic heterocycles. The lowest BCUT2D eigenvalue weighted by atomic mass is 9.97. The van der Waals surface area contributed by atoms with Crippen LogP contribution in [0.15, 0.2) is 54.9 Å². The van der Waals surface area contributed by atoms with Gasteiger partial charge in [-0.1, -0.05) is 12.1 Å². The summed E-state index contributed by atoms with van der Waals surface area (Å²) in [6.07, 6.45) is 4.10. The first kappa shape index (κ1) is 16.8. The number of para-hydroxylation sites is 2. The molecule has 134 valence electrons. The van der Waals surface area contributed by atoms with E-state index in [0.717, 1.165) is 48.3 Å². The largest absolute Gasteiger partial charge is 0.338 e. The van der Waals surface area contributed by atoms with E-state index in [4.69, 9.17) is 0 Å². The molecular formula is C21H24N4O. The summed E-state index contributed by atoms with van der Waals surface area (Å²) in [6.45, 7) is 2.66. The van der Waals surface area contributed by atoms with Gasteiger partial charge in [-0.05, 0) is 68.8 Å². The van der Waals surface area contributed by atoms with Crippen molar-refractivity contribution in [3.63, 3.8) is 0 Å². The van der Waals surface area contributed by atoms with Crippen LogP contribution in [0.1, 0.15) is 23.2 Å². The summed E-state index contributed by atoms with van der Waals surface area (Å²) in [5.74, 6) is 0.683. The van der Waals surface area contributed by atoms with Crippen molar-refractivity contribution >= 4 is 16.9 Å². The Bertz CT molecular complexity index is 898. The van der Waals surface area contributed by atoms with Crippen LogP contribution in [-0.2, 0) is 0 Å². The number of aromatic nitrogens is 2. The second-order valence-electron chi connectivity index (χ2n) is 6.97. The van der Waals surface area contributed by atoms with Crippen molar-refractivity contribution in [2.75, 3.05) is 26.7 Å². The molecule has 1 aliphatic rings. The Balaban J connectivity index is 1.53. The third kappa shape index (κ3) is 3.22. The van der Waals surface area contributed by atoms with Crippen molar-refractivity contribution in [1.82, 2.24) is 19.8 Å². The molecule has 0 radical (unpaired) electrons. The number of carbonyl (C=O) groups excluding carboxylic acids is 1. The Morgan fingerprint density at radius 2 is 2.00 bits per heavy atom. The first-order valence-electron chi connectivity index (χ1n) is 9.22. The number of piperidine rings is 1. The van der Waals surface area contributed by atoms with Gasteiger partial charge in [-0.3, -0.25) is 9.36 Å². The first-order chi connectivity index (χ1) is 12.8. The Morgan fingerprint density at radius 1 is 1.19 bits per heavy atom. The molecule has 2 aromatic carbocycles. The van der Waals surface area contributed by atoms with Crippen LogP contribution in [0.25, 0.3) is 16.7 Å². The van der Waals surface area contributed by atoms with Gasteiger partial charge in [0.2, 0.25) is 0 Å². The number of carbonyl (C=O) groups is 1. The predicted molar refractivity (Wildman–Crippen MR) is 104 cm³/mol. The molecule has 5 nitrogen and oxygen atoms in total.